The molecule has 0 aliphatic rings. The van der Waals surface area contributed by atoms with E-state index in [0.717, 1.165) is 17.1 Å². The van der Waals surface area contributed by atoms with E-state index in [4.69, 9.17) is 9.47 Å². The Hall–Kier alpha value is -3.19. The Morgan fingerprint density at radius 1 is 1.06 bits per heavy atom. The molecule has 0 spiro atoms. The van der Waals surface area contributed by atoms with Crippen LogP contribution in [-0.2, 0) is 9.47 Å². The number of Topliss-reactive ketones (excluding diaryl/α,β-unsaturated/α-hetero) is 1. The highest BCUT2D eigenvalue weighted by molar-refractivity contribution is 6.00. The summed E-state index contributed by atoms with van der Waals surface area (Å²) < 4.78 is 14.4. The van der Waals surface area contributed by atoms with Crippen LogP contribution in [-0.4, -0.2) is 46.4 Å². The van der Waals surface area contributed by atoms with Gasteiger partial charge in [-0.1, -0.05) is 18.2 Å². The van der Waals surface area contributed by atoms with Crippen molar-refractivity contribution in [2.75, 3.05) is 20.3 Å². The van der Waals surface area contributed by atoms with Gasteiger partial charge in [-0.05, 0) is 52.8 Å². The highest BCUT2D eigenvalue weighted by Crippen LogP contribution is 2.22. The summed E-state index contributed by atoms with van der Waals surface area (Å²) in [5.74, 6) is -0.782. The van der Waals surface area contributed by atoms with Crippen LogP contribution in [0.2, 0.25) is 0 Å². The number of carbonyl (C=O) groups excluding carboxylic acids is 2. The zero-order valence-corrected chi connectivity index (χ0v) is 18.9. The quantitative estimate of drug-likeness (QED) is 0.402. The Morgan fingerprint density at radius 2 is 1.74 bits per heavy atom. The lowest BCUT2D eigenvalue weighted by Gasteiger charge is -2.17. The number of nitrogens with zero attached hydrogens (tertiary/aromatic N) is 3. The first kappa shape index (κ1) is 22.5. The lowest BCUT2D eigenvalue weighted by atomic mass is 10.1. The van der Waals surface area contributed by atoms with Gasteiger partial charge in [0.2, 0.25) is 5.78 Å². The number of benzene rings is 1. The van der Waals surface area contributed by atoms with Crippen molar-refractivity contribution in [1.29, 1.82) is 0 Å². The number of ketones is 1. The largest absolute Gasteiger partial charge is 0.454 e. The van der Waals surface area contributed by atoms with Gasteiger partial charge in [-0.3, -0.25) is 4.79 Å². The molecular formula is C24H29N3O4. The number of rotatable bonds is 8. The van der Waals surface area contributed by atoms with E-state index in [2.05, 4.69) is 9.67 Å². The van der Waals surface area contributed by atoms with E-state index in [-0.39, 0.29) is 18.4 Å². The third kappa shape index (κ3) is 4.46. The topological polar surface area (TPSA) is 75.3 Å². The van der Waals surface area contributed by atoms with Gasteiger partial charge in [-0.2, -0.15) is 5.10 Å². The van der Waals surface area contributed by atoms with Crippen molar-refractivity contribution >= 4 is 11.8 Å². The smallest absolute Gasteiger partial charge is 0.342 e. The molecule has 0 radical (unpaired) electrons. The maximum absolute atomic E-state index is 12.8. The first-order chi connectivity index (χ1) is 14.8. The van der Waals surface area contributed by atoms with E-state index in [9.17, 15) is 9.59 Å². The van der Waals surface area contributed by atoms with E-state index in [1.54, 1.807) is 18.7 Å². The number of para-hydroxylation sites is 1. The summed E-state index contributed by atoms with van der Waals surface area (Å²) in [4.78, 5) is 25.6. The van der Waals surface area contributed by atoms with E-state index in [1.807, 2.05) is 64.1 Å². The van der Waals surface area contributed by atoms with Crippen molar-refractivity contribution in [2.45, 2.75) is 40.7 Å². The molecule has 1 atom stereocenters. The average Bonchev–Trinajstić information content (AvgIpc) is 3.21. The van der Waals surface area contributed by atoms with Crippen molar-refractivity contribution in [3.05, 3.63) is 70.3 Å². The zero-order chi connectivity index (χ0) is 22.7. The lowest BCUT2D eigenvalue weighted by Crippen LogP contribution is -2.17. The first-order valence-electron chi connectivity index (χ1n) is 10.3. The van der Waals surface area contributed by atoms with Gasteiger partial charge in [0, 0.05) is 24.1 Å². The molecule has 1 aromatic carbocycles. The van der Waals surface area contributed by atoms with Crippen LogP contribution in [0.25, 0.3) is 5.69 Å². The summed E-state index contributed by atoms with van der Waals surface area (Å²) in [6.07, 6.45) is 0. The molecule has 3 rings (SSSR count). The number of hydrogen-bond acceptors (Lipinski definition) is 5. The van der Waals surface area contributed by atoms with Crippen molar-refractivity contribution in [3.8, 4) is 5.69 Å². The molecule has 0 saturated heterocycles. The molecule has 0 bridgehead atoms. The monoisotopic (exact) mass is 423 g/mol. The van der Waals surface area contributed by atoms with Crippen LogP contribution < -0.4 is 0 Å². The Labute approximate surface area is 182 Å². The minimum Gasteiger partial charge on any atom is -0.454 e. The lowest BCUT2D eigenvalue weighted by molar-refractivity contribution is 0.0473. The van der Waals surface area contributed by atoms with Gasteiger partial charge in [0.15, 0.2) is 6.61 Å². The Bertz CT molecular complexity index is 1100. The van der Waals surface area contributed by atoms with Crippen LogP contribution in [0.15, 0.2) is 36.4 Å². The minimum atomic E-state index is -0.549. The molecule has 2 aromatic heterocycles. The molecule has 0 aliphatic heterocycles. The highest BCUT2D eigenvalue weighted by Gasteiger charge is 2.23. The van der Waals surface area contributed by atoms with Gasteiger partial charge in [-0.25, -0.2) is 9.48 Å². The van der Waals surface area contributed by atoms with Crippen LogP contribution in [0.1, 0.15) is 56.5 Å². The Balaban J connectivity index is 1.76. The maximum atomic E-state index is 12.8. The second kappa shape index (κ2) is 9.31. The molecular weight excluding hydrogens is 394 g/mol. The number of ether oxygens (including phenoxy) is 2. The van der Waals surface area contributed by atoms with Crippen LogP contribution >= 0.6 is 0 Å². The summed E-state index contributed by atoms with van der Waals surface area (Å²) in [6.45, 7) is 9.68. The average molecular weight is 424 g/mol. The number of carbonyl (C=O) groups is 2. The number of methoxy groups -OCH3 is 1. The molecule has 0 N–H and O–H groups in total. The number of hydrogen-bond donors (Lipinski definition) is 0. The minimum absolute atomic E-state index is 0.100. The fourth-order valence-corrected chi connectivity index (χ4v) is 4.09. The summed E-state index contributed by atoms with van der Waals surface area (Å²) in [5, 5.41) is 4.47. The zero-order valence-electron chi connectivity index (χ0n) is 18.9. The first-order valence-corrected chi connectivity index (χ1v) is 10.3. The van der Waals surface area contributed by atoms with Crippen molar-refractivity contribution in [3.63, 3.8) is 0 Å². The summed E-state index contributed by atoms with van der Waals surface area (Å²) in [6, 6.07) is 11.5. The second-order valence-corrected chi connectivity index (χ2v) is 7.75. The van der Waals surface area contributed by atoms with Crippen LogP contribution in [0.5, 0.6) is 0 Å². The molecule has 31 heavy (non-hydrogen) atoms. The summed E-state index contributed by atoms with van der Waals surface area (Å²) >= 11 is 0. The molecule has 7 nitrogen and oxygen atoms in total. The van der Waals surface area contributed by atoms with Crippen molar-refractivity contribution in [1.82, 2.24) is 14.3 Å². The predicted molar refractivity (Wildman–Crippen MR) is 118 cm³/mol. The van der Waals surface area contributed by atoms with Crippen LogP contribution in [0.4, 0.5) is 0 Å². The maximum Gasteiger partial charge on any atom is 0.342 e. The molecule has 2 heterocycles. The molecule has 0 unspecified atom stereocenters. The molecule has 0 saturated carbocycles. The van der Waals surface area contributed by atoms with Crippen LogP contribution in [0, 0.1) is 27.7 Å². The van der Waals surface area contributed by atoms with Gasteiger partial charge >= 0.3 is 5.97 Å². The third-order valence-electron chi connectivity index (χ3n) is 5.46. The highest BCUT2D eigenvalue weighted by atomic mass is 16.5. The number of aryl methyl sites for hydroxylation is 2. The Kier molecular flexibility index (Phi) is 6.75. The third-order valence-corrected chi connectivity index (χ3v) is 5.46. The van der Waals surface area contributed by atoms with E-state index < -0.39 is 5.97 Å². The summed E-state index contributed by atoms with van der Waals surface area (Å²) in [7, 11) is 1.65. The SMILES string of the molecule is COC[C@@H](C)n1c(C)cc(C(=O)COC(=O)c2c(C)nn(-c3ccccc3)c2C)c1C. The predicted octanol–water partition coefficient (Wildman–Crippen LogP) is 4.15. The van der Waals surface area contributed by atoms with Gasteiger partial charge in [0.1, 0.15) is 5.56 Å². The summed E-state index contributed by atoms with van der Waals surface area (Å²) in [5.41, 5.74) is 4.84. The molecule has 164 valence electrons. The van der Waals surface area contributed by atoms with Gasteiger partial charge in [-0.15, -0.1) is 0 Å². The molecule has 0 aliphatic carbocycles. The molecule has 3 aromatic rings. The van der Waals surface area contributed by atoms with E-state index in [0.29, 0.717) is 29.1 Å². The van der Waals surface area contributed by atoms with Crippen LogP contribution in [0.3, 0.4) is 0 Å². The molecule has 0 fully saturated rings. The van der Waals surface area contributed by atoms with Gasteiger partial charge in [0.05, 0.1) is 29.7 Å². The normalized spacial score (nSPS) is 12.1. The molecule has 0 amide bonds. The number of esters is 1. The van der Waals surface area contributed by atoms with E-state index >= 15 is 0 Å². The van der Waals surface area contributed by atoms with Crippen molar-refractivity contribution in [2.24, 2.45) is 0 Å². The van der Waals surface area contributed by atoms with E-state index in [1.165, 1.54) is 0 Å². The fraction of sp³-hybridized carbons (Fsp3) is 0.375. The fourth-order valence-electron chi connectivity index (χ4n) is 4.09. The Morgan fingerprint density at radius 3 is 2.39 bits per heavy atom. The van der Waals surface area contributed by atoms with Crippen molar-refractivity contribution < 1.29 is 19.1 Å². The van der Waals surface area contributed by atoms with Gasteiger partial charge in [0.25, 0.3) is 0 Å². The molecule has 7 heteroatoms. The standard InChI is InChI=1S/C24H29N3O4/c1-15-12-21(18(4)26(15)16(2)13-30-6)22(28)14-31-24(29)23-17(3)25-27(19(23)5)20-10-8-7-9-11-20/h7-12,16H,13-14H2,1-6H3/t16-/m1/s1. The second-order valence-electron chi connectivity index (χ2n) is 7.75. The number of aromatic nitrogens is 3. The van der Waals surface area contributed by atoms with Gasteiger partial charge < -0.3 is 14.0 Å².